The minimum Gasteiger partial charge on any atom is -0.312 e. The zero-order chi connectivity index (χ0) is 13.2. The van der Waals surface area contributed by atoms with Gasteiger partial charge in [0.25, 0.3) is 0 Å². The molecule has 0 saturated carbocycles. The van der Waals surface area contributed by atoms with E-state index in [2.05, 4.69) is 21.2 Å². The molecule has 0 aliphatic rings. The lowest BCUT2D eigenvalue weighted by atomic mass is 10.2. The molecule has 0 spiro atoms. The highest BCUT2D eigenvalue weighted by Crippen LogP contribution is 2.26. The van der Waals surface area contributed by atoms with Gasteiger partial charge in [-0.3, -0.25) is 0 Å². The molecule has 0 aliphatic carbocycles. The topological polar surface area (TPSA) is 43.6 Å². The molecular formula is C13H11ClN4S. The number of pyridine rings is 1. The van der Waals surface area contributed by atoms with Gasteiger partial charge in [0.1, 0.15) is 11.5 Å². The van der Waals surface area contributed by atoms with Crippen LogP contribution in [0.2, 0.25) is 5.15 Å². The molecule has 19 heavy (non-hydrogen) atoms. The van der Waals surface area contributed by atoms with Gasteiger partial charge >= 0.3 is 0 Å². The van der Waals surface area contributed by atoms with Crippen molar-refractivity contribution in [3.8, 4) is 0 Å². The summed E-state index contributed by atoms with van der Waals surface area (Å²) in [6.07, 6.45) is 1.68. The molecule has 2 heterocycles. The number of benzene rings is 1. The molecule has 4 nitrogen and oxygen atoms in total. The van der Waals surface area contributed by atoms with Gasteiger partial charge in [0.15, 0.2) is 5.16 Å². The van der Waals surface area contributed by atoms with Crippen LogP contribution < -0.4 is 0 Å². The van der Waals surface area contributed by atoms with Crippen LogP contribution in [0.1, 0.15) is 5.56 Å². The number of hydrogen-bond acceptors (Lipinski definition) is 4. The number of fused-ring (bicyclic) bond motifs is 1. The fourth-order valence-corrected chi connectivity index (χ4v) is 2.93. The van der Waals surface area contributed by atoms with Gasteiger partial charge in [-0.1, -0.05) is 41.6 Å². The second kappa shape index (κ2) is 5.19. The summed E-state index contributed by atoms with van der Waals surface area (Å²) in [5, 5.41) is 10.4. The first-order valence-corrected chi connectivity index (χ1v) is 7.11. The Hall–Kier alpha value is -1.59. The minimum atomic E-state index is 0.549. The van der Waals surface area contributed by atoms with Crippen molar-refractivity contribution in [2.75, 3.05) is 0 Å². The maximum Gasteiger partial charge on any atom is 0.191 e. The van der Waals surface area contributed by atoms with Crippen LogP contribution in [0.4, 0.5) is 0 Å². The fourth-order valence-electron chi connectivity index (χ4n) is 1.78. The van der Waals surface area contributed by atoms with E-state index in [1.54, 1.807) is 18.1 Å². The highest BCUT2D eigenvalue weighted by Gasteiger charge is 2.07. The molecule has 3 rings (SSSR count). The molecule has 0 amide bonds. The maximum atomic E-state index is 6.22. The van der Waals surface area contributed by atoms with Crippen LogP contribution in [-0.4, -0.2) is 19.7 Å². The van der Waals surface area contributed by atoms with Gasteiger partial charge in [0.05, 0.1) is 5.52 Å². The predicted molar refractivity (Wildman–Crippen MR) is 77.3 cm³/mol. The van der Waals surface area contributed by atoms with Crippen LogP contribution in [0.5, 0.6) is 0 Å². The van der Waals surface area contributed by atoms with Crippen LogP contribution in [0.3, 0.4) is 0 Å². The number of nitrogens with zero attached hydrogens (tertiary/aromatic N) is 4. The number of para-hydroxylation sites is 1. The lowest BCUT2D eigenvalue weighted by Gasteiger charge is -2.05. The Balaban J connectivity index is 1.88. The van der Waals surface area contributed by atoms with Crippen LogP contribution in [0.25, 0.3) is 10.9 Å². The number of aromatic nitrogens is 4. The summed E-state index contributed by atoms with van der Waals surface area (Å²) in [4.78, 5) is 4.41. The Morgan fingerprint density at radius 1 is 1.32 bits per heavy atom. The van der Waals surface area contributed by atoms with Crippen molar-refractivity contribution in [2.24, 2.45) is 7.05 Å². The molecule has 96 valence electrons. The monoisotopic (exact) mass is 290 g/mol. The minimum absolute atomic E-state index is 0.549. The van der Waals surface area contributed by atoms with Gasteiger partial charge in [0.2, 0.25) is 0 Å². The molecule has 0 radical (unpaired) electrons. The molecule has 0 fully saturated rings. The molecule has 0 N–H and O–H groups in total. The normalized spacial score (nSPS) is 11.1. The second-order valence-corrected chi connectivity index (χ2v) is 5.44. The Bertz CT molecular complexity index is 725. The standard InChI is InChI=1S/C13H11ClN4S/c1-18-8-15-17-13(18)19-7-10-6-9-4-2-3-5-11(9)16-12(10)14/h2-6,8H,7H2,1H3. The summed E-state index contributed by atoms with van der Waals surface area (Å²) >= 11 is 7.81. The first kappa shape index (κ1) is 12.4. The van der Waals surface area contributed by atoms with Crippen LogP contribution in [0.15, 0.2) is 41.8 Å². The molecule has 3 aromatic rings. The average molecular weight is 291 g/mol. The summed E-state index contributed by atoms with van der Waals surface area (Å²) in [6.45, 7) is 0. The van der Waals surface area contributed by atoms with Crippen molar-refractivity contribution in [3.05, 3.63) is 47.4 Å². The van der Waals surface area contributed by atoms with Crippen molar-refractivity contribution >= 4 is 34.3 Å². The summed E-state index contributed by atoms with van der Waals surface area (Å²) in [5.74, 6) is 0.725. The summed E-state index contributed by atoms with van der Waals surface area (Å²) in [5.41, 5.74) is 1.92. The van der Waals surface area contributed by atoms with Crippen LogP contribution >= 0.6 is 23.4 Å². The van der Waals surface area contributed by atoms with E-state index in [0.29, 0.717) is 5.15 Å². The SMILES string of the molecule is Cn1cnnc1SCc1cc2ccccc2nc1Cl. The van der Waals surface area contributed by atoms with Crippen LogP contribution in [0, 0.1) is 0 Å². The second-order valence-electron chi connectivity index (χ2n) is 4.14. The molecule has 0 bridgehead atoms. The van der Waals surface area contributed by atoms with Crippen molar-refractivity contribution < 1.29 is 0 Å². The number of thioether (sulfide) groups is 1. The smallest absolute Gasteiger partial charge is 0.191 e. The van der Waals surface area contributed by atoms with E-state index in [9.17, 15) is 0 Å². The number of rotatable bonds is 3. The van der Waals surface area contributed by atoms with Crippen LogP contribution in [-0.2, 0) is 12.8 Å². The highest BCUT2D eigenvalue weighted by molar-refractivity contribution is 7.98. The van der Waals surface area contributed by atoms with Gasteiger partial charge < -0.3 is 4.57 Å². The van der Waals surface area contributed by atoms with Gasteiger partial charge in [-0.2, -0.15) is 0 Å². The number of hydrogen-bond donors (Lipinski definition) is 0. The predicted octanol–water partition coefficient (Wildman–Crippen LogP) is 3.31. The van der Waals surface area contributed by atoms with E-state index in [-0.39, 0.29) is 0 Å². The average Bonchev–Trinajstić information content (AvgIpc) is 2.82. The molecule has 6 heteroatoms. The van der Waals surface area contributed by atoms with E-state index in [1.165, 1.54) is 0 Å². The van der Waals surface area contributed by atoms with Gasteiger partial charge in [0, 0.05) is 23.8 Å². The molecular weight excluding hydrogens is 280 g/mol. The Labute approximate surface area is 119 Å². The zero-order valence-electron chi connectivity index (χ0n) is 10.2. The largest absolute Gasteiger partial charge is 0.312 e. The van der Waals surface area contributed by atoms with Crippen molar-refractivity contribution in [2.45, 2.75) is 10.9 Å². The highest BCUT2D eigenvalue weighted by atomic mass is 35.5. The lowest BCUT2D eigenvalue weighted by molar-refractivity contribution is 0.788. The van der Waals surface area contributed by atoms with Gasteiger partial charge in [-0.15, -0.1) is 10.2 Å². The van der Waals surface area contributed by atoms with E-state index in [0.717, 1.165) is 27.4 Å². The van der Waals surface area contributed by atoms with Gasteiger partial charge in [-0.05, 0) is 12.1 Å². The van der Waals surface area contributed by atoms with E-state index in [4.69, 9.17) is 11.6 Å². The summed E-state index contributed by atoms with van der Waals surface area (Å²) < 4.78 is 1.88. The zero-order valence-corrected chi connectivity index (χ0v) is 11.8. The summed E-state index contributed by atoms with van der Waals surface area (Å²) in [6, 6.07) is 10.0. The third-order valence-corrected chi connectivity index (χ3v) is 4.19. The molecule has 0 aliphatic heterocycles. The summed E-state index contributed by atoms with van der Waals surface area (Å²) in [7, 11) is 1.92. The third kappa shape index (κ3) is 2.57. The lowest BCUT2D eigenvalue weighted by Crippen LogP contribution is -1.92. The third-order valence-electron chi connectivity index (χ3n) is 2.78. The number of halogens is 1. The first-order valence-electron chi connectivity index (χ1n) is 5.75. The molecule has 1 aromatic carbocycles. The van der Waals surface area contributed by atoms with E-state index in [1.807, 2.05) is 35.9 Å². The fraction of sp³-hybridized carbons (Fsp3) is 0.154. The van der Waals surface area contributed by atoms with Crippen molar-refractivity contribution in [1.29, 1.82) is 0 Å². The Morgan fingerprint density at radius 2 is 2.16 bits per heavy atom. The molecule has 2 aromatic heterocycles. The molecule has 0 unspecified atom stereocenters. The molecule has 0 atom stereocenters. The van der Waals surface area contributed by atoms with E-state index < -0.39 is 0 Å². The molecule has 0 saturated heterocycles. The van der Waals surface area contributed by atoms with Crippen molar-refractivity contribution in [3.63, 3.8) is 0 Å². The first-order chi connectivity index (χ1) is 9.24. The Morgan fingerprint density at radius 3 is 2.95 bits per heavy atom. The van der Waals surface area contributed by atoms with E-state index >= 15 is 0 Å². The quantitative estimate of drug-likeness (QED) is 0.548. The van der Waals surface area contributed by atoms with Gasteiger partial charge in [-0.25, -0.2) is 4.98 Å². The van der Waals surface area contributed by atoms with Crippen molar-refractivity contribution in [1.82, 2.24) is 19.7 Å². The number of aryl methyl sites for hydroxylation is 1. The maximum absolute atomic E-state index is 6.22. The Kier molecular flexibility index (Phi) is 3.40.